The molecule has 3 rings (SSSR count). The predicted molar refractivity (Wildman–Crippen MR) is 114 cm³/mol. The molecule has 0 saturated heterocycles. The molecule has 0 aliphatic carbocycles. The summed E-state index contributed by atoms with van der Waals surface area (Å²) >= 11 is 13.5. The Balaban J connectivity index is 1.79. The number of benzene rings is 2. The van der Waals surface area contributed by atoms with Gasteiger partial charge >= 0.3 is 0 Å². The normalized spacial score (nSPS) is 11.3. The molecule has 2 nitrogen and oxygen atoms in total. The van der Waals surface area contributed by atoms with Crippen molar-refractivity contribution in [2.24, 2.45) is 0 Å². The first-order chi connectivity index (χ1) is 12.8. The molecule has 0 atom stereocenters. The van der Waals surface area contributed by atoms with Gasteiger partial charge in [-0.25, -0.2) is 0 Å². The van der Waals surface area contributed by atoms with E-state index in [1.807, 2.05) is 11.4 Å². The van der Waals surface area contributed by atoms with Crippen LogP contribution in [-0.4, -0.2) is 0 Å². The van der Waals surface area contributed by atoms with E-state index in [2.05, 4.69) is 51.1 Å². The van der Waals surface area contributed by atoms with Crippen LogP contribution in [0.5, 0.6) is 5.06 Å². The topological polar surface area (TPSA) is 33.0 Å². The van der Waals surface area contributed by atoms with E-state index in [1.165, 1.54) is 16.9 Å². The summed E-state index contributed by atoms with van der Waals surface area (Å²) in [6.07, 6.45) is 0. The van der Waals surface area contributed by atoms with Gasteiger partial charge in [0.15, 0.2) is 5.06 Å². The lowest BCUT2D eigenvalue weighted by molar-refractivity contribution is 0.315. The average molecular weight is 416 g/mol. The SMILES string of the molecule is CC(C)(C)c1ccc(COc2scc(-c3ccc(Cl)c(Cl)c3)c2C#N)cc1. The van der Waals surface area contributed by atoms with E-state index < -0.39 is 0 Å². The molecule has 0 spiro atoms. The van der Waals surface area contributed by atoms with Crippen molar-refractivity contribution in [2.75, 3.05) is 0 Å². The third-order valence-corrected chi connectivity index (χ3v) is 5.92. The Bertz CT molecular complexity index is 995. The summed E-state index contributed by atoms with van der Waals surface area (Å²) in [5.74, 6) is 0. The molecule has 3 aromatic rings. The summed E-state index contributed by atoms with van der Waals surface area (Å²) in [5, 5.41) is 13.1. The third-order valence-electron chi connectivity index (χ3n) is 4.29. The van der Waals surface area contributed by atoms with E-state index in [-0.39, 0.29) is 5.41 Å². The highest BCUT2D eigenvalue weighted by atomic mass is 35.5. The van der Waals surface area contributed by atoms with Crippen molar-refractivity contribution in [1.29, 1.82) is 5.26 Å². The Hall–Kier alpha value is -1.99. The predicted octanol–water partition coefficient (Wildman–Crippen LogP) is 7.47. The average Bonchev–Trinajstić information content (AvgIpc) is 3.05. The highest BCUT2D eigenvalue weighted by Gasteiger charge is 2.16. The molecule has 138 valence electrons. The van der Waals surface area contributed by atoms with E-state index in [0.717, 1.165) is 16.7 Å². The second kappa shape index (κ2) is 7.94. The summed E-state index contributed by atoms with van der Waals surface area (Å²) in [5.41, 5.74) is 4.64. The number of ether oxygens (including phenoxy) is 1. The van der Waals surface area contributed by atoms with Gasteiger partial charge < -0.3 is 4.74 Å². The second-order valence-electron chi connectivity index (χ2n) is 7.29. The summed E-state index contributed by atoms with van der Waals surface area (Å²) in [6.45, 7) is 6.98. The van der Waals surface area contributed by atoms with Gasteiger partial charge in [-0.1, -0.05) is 74.3 Å². The van der Waals surface area contributed by atoms with E-state index in [1.54, 1.807) is 12.1 Å². The Morgan fingerprint density at radius 2 is 1.74 bits per heavy atom. The molecule has 27 heavy (non-hydrogen) atoms. The van der Waals surface area contributed by atoms with E-state index in [4.69, 9.17) is 27.9 Å². The zero-order valence-corrected chi connectivity index (χ0v) is 17.7. The lowest BCUT2D eigenvalue weighted by atomic mass is 9.87. The molecule has 0 saturated carbocycles. The van der Waals surface area contributed by atoms with Crippen LogP contribution in [0.15, 0.2) is 47.8 Å². The standard InChI is InChI=1S/C22H19Cl2NOS/c1-22(2,3)16-7-4-14(5-8-16)12-26-21-17(11-25)18(13-27-21)15-6-9-19(23)20(24)10-15/h4-10,13H,12H2,1-3H3. The van der Waals surface area contributed by atoms with Crippen LogP contribution in [0.3, 0.4) is 0 Å². The van der Waals surface area contributed by atoms with Gasteiger partial charge in [-0.3, -0.25) is 0 Å². The Morgan fingerprint density at radius 3 is 2.33 bits per heavy atom. The Morgan fingerprint density at radius 1 is 1.04 bits per heavy atom. The van der Waals surface area contributed by atoms with Gasteiger partial charge in [-0.15, -0.1) is 11.3 Å². The number of nitriles is 1. The Labute approximate surface area is 173 Å². The van der Waals surface area contributed by atoms with Gasteiger partial charge in [-0.2, -0.15) is 5.26 Å². The van der Waals surface area contributed by atoms with Gasteiger partial charge in [0.25, 0.3) is 0 Å². The maximum atomic E-state index is 9.61. The summed E-state index contributed by atoms with van der Waals surface area (Å²) in [7, 11) is 0. The number of halogens is 2. The number of rotatable bonds is 4. The first-order valence-corrected chi connectivity index (χ1v) is 10.1. The third kappa shape index (κ3) is 4.47. The molecule has 2 aromatic carbocycles. The molecule has 0 radical (unpaired) electrons. The zero-order valence-electron chi connectivity index (χ0n) is 15.3. The monoisotopic (exact) mass is 415 g/mol. The number of thiophene rings is 1. The van der Waals surface area contributed by atoms with Crippen LogP contribution >= 0.6 is 34.5 Å². The van der Waals surface area contributed by atoms with Crippen molar-refractivity contribution in [3.8, 4) is 22.3 Å². The zero-order chi connectivity index (χ0) is 19.6. The maximum Gasteiger partial charge on any atom is 0.192 e. The minimum atomic E-state index is 0.121. The minimum absolute atomic E-state index is 0.121. The minimum Gasteiger partial charge on any atom is -0.478 e. The van der Waals surface area contributed by atoms with Crippen molar-refractivity contribution in [3.05, 3.63) is 74.6 Å². The molecule has 0 unspecified atom stereocenters. The van der Waals surface area contributed by atoms with E-state index >= 15 is 0 Å². The Kier molecular flexibility index (Phi) is 5.81. The van der Waals surface area contributed by atoms with Crippen LogP contribution in [-0.2, 0) is 12.0 Å². The first-order valence-electron chi connectivity index (χ1n) is 8.49. The summed E-state index contributed by atoms with van der Waals surface area (Å²) in [4.78, 5) is 0. The molecule has 0 aliphatic heterocycles. The molecule has 0 N–H and O–H groups in total. The number of hydrogen-bond donors (Lipinski definition) is 0. The fraction of sp³-hybridized carbons (Fsp3) is 0.227. The first kappa shape index (κ1) is 19.8. The summed E-state index contributed by atoms with van der Waals surface area (Å²) in [6, 6.07) is 16.0. The largest absolute Gasteiger partial charge is 0.478 e. The van der Waals surface area contributed by atoms with Crippen molar-refractivity contribution in [2.45, 2.75) is 32.8 Å². The molecule has 0 bridgehead atoms. The van der Waals surface area contributed by atoms with Gasteiger partial charge in [0.05, 0.1) is 10.0 Å². The fourth-order valence-corrected chi connectivity index (χ4v) is 3.86. The van der Waals surface area contributed by atoms with Gasteiger partial charge in [-0.05, 0) is 34.2 Å². The smallest absolute Gasteiger partial charge is 0.192 e. The van der Waals surface area contributed by atoms with Crippen molar-refractivity contribution in [3.63, 3.8) is 0 Å². The molecular weight excluding hydrogens is 397 g/mol. The molecule has 0 fully saturated rings. The van der Waals surface area contributed by atoms with Crippen molar-refractivity contribution >= 4 is 34.5 Å². The molecule has 5 heteroatoms. The highest BCUT2D eigenvalue weighted by Crippen LogP contribution is 2.39. The lowest BCUT2D eigenvalue weighted by Gasteiger charge is -2.19. The van der Waals surface area contributed by atoms with Crippen LogP contribution in [0, 0.1) is 11.3 Å². The van der Waals surface area contributed by atoms with Crippen LogP contribution in [0.1, 0.15) is 37.5 Å². The molecule has 1 heterocycles. The lowest BCUT2D eigenvalue weighted by Crippen LogP contribution is -2.10. The highest BCUT2D eigenvalue weighted by molar-refractivity contribution is 7.12. The number of hydrogen-bond acceptors (Lipinski definition) is 3. The molecule has 0 aliphatic rings. The van der Waals surface area contributed by atoms with Crippen LogP contribution in [0.25, 0.3) is 11.1 Å². The summed E-state index contributed by atoms with van der Waals surface area (Å²) < 4.78 is 5.93. The second-order valence-corrected chi connectivity index (χ2v) is 8.94. The quantitative estimate of drug-likeness (QED) is 0.442. The van der Waals surface area contributed by atoms with E-state index in [0.29, 0.717) is 27.3 Å². The number of nitrogens with zero attached hydrogens (tertiary/aromatic N) is 1. The van der Waals surface area contributed by atoms with Crippen LogP contribution in [0.2, 0.25) is 10.0 Å². The van der Waals surface area contributed by atoms with Gasteiger partial charge in [0.2, 0.25) is 0 Å². The van der Waals surface area contributed by atoms with Gasteiger partial charge in [0.1, 0.15) is 18.2 Å². The molecular formula is C22H19Cl2NOS. The van der Waals surface area contributed by atoms with Crippen LogP contribution in [0.4, 0.5) is 0 Å². The van der Waals surface area contributed by atoms with Crippen molar-refractivity contribution in [1.82, 2.24) is 0 Å². The fourth-order valence-electron chi connectivity index (χ4n) is 2.68. The van der Waals surface area contributed by atoms with Gasteiger partial charge in [0, 0.05) is 10.9 Å². The maximum absolute atomic E-state index is 9.61. The van der Waals surface area contributed by atoms with Crippen LogP contribution < -0.4 is 4.74 Å². The van der Waals surface area contributed by atoms with E-state index in [9.17, 15) is 5.26 Å². The molecule has 1 aromatic heterocycles. The molecule has 0 amide bonds. The van der Waals surface area contributed by atoms with Crippen molar-refractivity contribution < 1.29 is 4.74 Å².